The van der Waals surface area contributed by atoms with Gasteiger partial charge < -0.3 is 10.6 Å². The van der Waals surface area contributed by atoms with E-state index >= 15 is 0 Å². The molecule has 2 heterocycles. The van der Waals surface area contributed by atoms with Crippen LogP contribution in [0.25, 0.3) is 0 Å². The van der Waals surface area contributed by atoms with E-state index in [-0.39, 0.29) is 6.04 Å². The van der Waals surface area contributed by atoms with E-state index in [2.05, 4.69) is 30.0 Å². The maximum Gasteiger partial charge on any atom is 0.0931 e. The van der Waals surface area contributed by atoms with Gasteiger partial charge in [-0.1, -0.05) is 11.6 Å². The third-order valence-corrected chi connectivity index (χ3v) is 4.71. The van der Waals surface area contributed by atoms with Crippen LogP contribution in [-0.2, 0) is 6.42 Å². The Hall–Kier alpha value is -0.130. The molecule has 0 aromatic carbocycles. The minimum atomic E-state index is 0.178. The largest absolute Gasteiger partial charge is 0.326 e. The van der Waals surface area contributed by atoms with Crippen LogP contribution in [0, 0.1) is 0 Å². The number of halogens is 1. The van der Waals surface area contributed by atoms with Crippen molar-refractivity contribution in [2.24, 2.45) is 5.73 Å². The Balaban J connectivity index is 1.96. The molecule has 0 bridgehead atoms. The minimum Gasteiger partial charge on any atom is -0.326 e. The lowest BCUT2D eigenvalue weighted by atomic mass is 10.0. The van der Waals surface area contributed by atoms with Crippen molar-refractivity contribution in [3.05, 3.63) is 21.3 Å². The third-order valence-electron chi connectivity index (χ3n) is 3.46. The number of rotatable bonds is 3. The quantitative estimate of drug-likeness (QED) is 0.906. The predicted molar refractivity (Wildman–Crippen MR) is 74.9 cm³/mol. The molecule has 0 saturated carbocycles. The number of nitrogens with two attached hydrogens (primary N) is 1. The molecule has 1 aromatic rings. The van der Waals surface area contributed by atoms with Gasteiger partial charge in [-0.25, -0.2) is 0 Å². The summed E-state index contributed by atoms with van der Waals surface area (Å²) in [5.41, 5.74) is 6.34. The lowest BCUT2D eigenvalue weighted by molar-refractivity contribution is 0.0975. The summed E-state index contributed by atoms with van der Waals surface area (Å²) in [4.78, 5) is 6.01. The fourth-order valence-corrected chi connectivity index (χ4v) is 3.50. The van der Waals surface area contributed by atoms with Crippen molar-refractivity contribution in [1.29, 1.82) is 0 Å². The van der Waals surface area contributed by atoms with Crippen LogP contribution < -0.4 is 5.73 Å². The fourth-order valence-electron chi connectivity index (χ4n) is 2.34. The van der Waals surface area contributed by atoms with E-state index in [0.29, 0.717) is 6.04 Å². The molecule has 2 atom stereocenters. The van der Waals surface area contributed by atoms with Crippen molar-refractivity contribution in [2.75, 3.05) is 33.7 Å². The molecule has 1 aromatic heterocycles. The standard InChI is InChI=1S/C12H20ClN3S/c1-15-5-6-16(2)11(8-15)10(14)7-9-3-4-12(13)17-9/h3-4,10-11H,5-8,14H2,1-2H3. The third kappa shape index (κ3) is 3.42. The summed E-state index contributed by atoms with van der Waals surface area (Å²) in [6.07, 6.45) is 0.917. The zero-order valence-corrected chi connectivity index (χ0v) is 12.0. The van der Waals surface area contributed by atoms with Gasteiger partial charge in [0.1, 0.15) is 0 Å². The molecule has 2 rings (SSSR count). The number of likely N-dealkylation sites (N-methyl/N-ethyl adjacent to an activating group) is 2. The Bertz CT molecular complexity index is 368. The molecule has 1 aliphatic rings. The molecule has 3 nitrogen and oxygen atoms in total. The van der Waals surface area contributed by atoms with Crippen molar-refractivity contribution < 1.29 is 0 Å². The molecule has 5 heteroatoms. The molecule has 0 aliphatic carbocycles. The van der Waals surface area contributed by atoms with Gasteiger partial charge in [-0.15, -0.1) is 11.3 Å². The van der Waals surface area contributed by atoms with E-state index in [4.69, 9.17) is 17.3 Å². The second-order valence-electron chi connectivity index (χ2n) is 4.88. The van der Waals surface area contributed by atoms with Gasteiger partial charge in [0, 0.05) is 36.6 Å². The summed E-state index contributed by atoms with van der Waals surface area (Å²) in [5.74, 6) is 0. The molecule has 1 fully saturated rings. The van der Waals surface area contributed by atoms with Gasteiger partial charge in [-0.05, 0) is 32.6 Å². The van der Waals surface area contributed by atoms with Crippen molar-refractivity contribution in [2.45, 2.75) is 18.5 Å². The SMILES string of the molecule is CN1CCN(C)C(C(N)Cc2ccc(Cl)s2)C1. The van der Waals surface area contributed by atoms with Crippen LogP contribution in [0.2, 0.25) is 4.34 Å². The van der Waals surface area contributed by atoms with E-state index in [1.807, 2.05) is 6.07 Å². The molecule has 0 amide bonds. The Labute approximate surface area is 112 Å². The first-order valence-electron chi connectivity index (χ1n) is 5.95. The van der Waals surface area contributed by atoms with Crippen LogP contribution in [0.5, 0.6) is 0 Å². The highest BCUT2D eigenvalue weighted by atomic mass is 35.5. The Morgan fingerprint density at radius 1 is 1.47 bits per heavy atom. The smallest absolute Gasteiger partial charge is 0.0931 e. The number of thiophene rings is 1. The van der Waals surface area contributed by atoms with Crippen LogP contribution in [-0.4, -0.2) is 55.6 Å². The highest BCUT2D eigenvalue weighted by Gasteiger charge is 2.27. The van der Waals surface area contributed by atoms with Crippen LogP contribution in [0.3, 0.4) is 0 Å². The second-order valence-corrected chi connectivity index (χ2v) is 6.68. The number of hydrogen-bond acceptors (Lipinski definition) is 4. The van der Waals surface area contributed by atoms with Crippen molar-refractivity contribution in [1.82, 2.24) is 9.80 Å². The lowest BCUT2D eigenvalue weighted by Crippen LogP contribution is -2.58. The molecule has 2 unspecified atom stereocenters. The Morgan fingerprint density at radius 3 is 2.88 bits per heavy atom. The number of piperazine rings is 1. The van der Waals surface area contributed by atoms with Crippen LogP contribution >= 0.6 is 22.9 Å². The van der Waals surface area contributed by atoms with E-state index in [0.717, 1.165) is 30.4 Å². The molecule has 2 N–H and O–H groups in total. The summed E-state index contributed by atoms with van der Waals surface area (Å²) < 4.78 is 0.848. The number of hydrogen-bond donors (Lipinski definition) is 1. The van der Waals surface area contributed by atoms with E-state index < -0.39 is 0 Å². The summed E-state index contributed by atoms with van der Waals surface area (Å²) >= 11 is 7.58. The molecular weight excluding hydrogens is 254 g/mol. The first kappa shape index (κ1) is 13.3. The summed E-state index contributed by atoms with van der Waals surface area (Å²) in [6, 6.07) is 4.65. The molecule has 1 aliphatic heterocycles. The molecular formula is C12H20ClN3S. The number of nitrogens with zero attached hydrogens (tertiary/aromatic N) is 2. The minimum absolute atomic E-state index is 0.178. The topological polar surface area (TPSA) is 32.5 Å². The van der Waals surface area contributed by atoms with Crippen molar-refractivity contribution >= 4 is 22.9 Å². The van der Waals surface area contributed by atoms with E-state index in [1.54, 1.807) is 11.3 Å². The fraction of sp³-hybridized carbons (Fsp3) is 0.667. The maximum absolute atomic E-state index is 6.34. The highest BCUT2D eigenvalue weighted by molar-refractivity contribution is 7.16. The van der Waals surface area contributed by atoms with Gasteiger partial charge in [0.05, 0.1) is 4.34 Å². The van der Waals surface area contributed by atoms with Gasteiger partial charge in [0.25, 0.3) is 0 Å². The lowest BCUT2D eigenvalue weighted by Gasteiger charge is -2.40. The van der Waals surface area contributed by atoms with Gasteiger partial charge >= 0.3 is 0 Å². The Morgan fingerprint density at radius 2 is 2.24 bits per heavy atom. The van der Waals surface area contributed by atoms with Crippen molar-refractivity contribution in [3.63, 3.8) is 0 Å². The highest BCUT2D eigenvalue weighted by Crippen LogP contribution is 2.23. The molecule has 17 heavy (non-hydrogen) atoms. The van der Waals surface area contributed by atoms with E-state index in [9.17, 15) is 0 Å². The Kier molecular flexibility index (Phi) is 4.44. The second kappa shape index (κ2) is 5.67. The van der Waals surface area contributed by atoms with Crippen LogP contribution in [0.15, 0.2) is 12.1 Å². The summed E-state index contributed by atoms with van der Waals surface area (Å²) in [7, 11) is 4.33. The monoisotopic (exact) mass is 273 g/mol. The first-order valence-corrected chi connectivity index (χ1v) is 7.14. The van der Waals surface area contributed by atoms with Gasteiger partial charge in [0.2, 0.25) is 0 Å². The van der Waals surface area contributed by atoms with E-state index in [1.165, 1.54) is 4.88 Å². The van der Waals surface area contributed by atoms with Gasteiger partial charge in [-0.2, -0.15) is 0 Å². The maximum atomic E-state index is 6.34. The normalized spacial score (nSPS) is 25.1. The molecule has 1 saturated heterocycles. The molecule has 96 valence electrons. The van der Waals surface area contributed by atoms with Gasteiger partial charge in [-0.3, -0.25) is 4.90 Å². The zero-order valence-electron chi connectivity index (χ0n) is 10.4. The predicted octanol–water partition coefficient (Wildman–Crippen LogP) is 1.52. The molecule has 0 radical (unpaired) electrons. The average molecular weight is 274 g/mol. The first-order chi connectivity index (χ1) is 8.06. The van der Waals surface area contributed by atoms with Crippen molar-refractivity contribution in [3.8, 4) is 0 Å². The average Bonchev–Trinajstić information content (AvgIpc) is 2.67. The molecule has 0 spiro atoms. The zero-order chi connectivity index (χ0) is 12.4. The van der Waals surface area contributed by atoms with Gasteiger partial charge in [0.15, 0.2) is 0 Å². The summed E-state index contributed by atoms with van der Waals surface area (Å²) in [5, 5.41) is 0. The van der Waals surface area contributed by atoms with Crippen LogP contribution in [0.1, 0.15) is 4.88 Å². The summed E-state index contributed by atoms with van der Waals surface area (Å²) in [6.45, 7) is 3.28. The van der Waals surface area contributed by atoms with Crippen LogP contribution in [0.4, 0.5) is 0 Å².